The molecule has 0 spiro atoms. The van der Waals surface area contributed by atoms with Crippen molar-refractivity contribution in [3.63, 3.8) is 0 Å². The Balaban J connectivity index is 1.59. The smallest absolute Gasteiger partial charge is 0.0280 e. The van der Waals surface area contributed by atoms with E-state index in [-0.39, 0.29) is 0 Å². The zero-order chi connectivity index (χ0) is 20.2. The van der Waals surface area contributed by atoms with Crippen LogP contribution >= 0.6 is 0 Å². The molecule has 0 aliphatic carbocycles. The lowest BCUT2D eigenvalue weighted by Crippen LogP contribution is -1.83. The summed E-state index contributed by atoms with van der Waals surface area (Å²) < 4.78 is 0. The van der Waals surface area contributed by atoms with E-state index in [0.29, 0.717) is 0 Å². The van der Waals surface area contributed by atoms with E-state index in [1.54, 1.807) is 24.8 Å². The van der Waals surface area contributed by atoms with Crippen molar-refractivity contribution in [2.45, 2.75) is 0 Å². The van der Waals surface area contributed by atoms with Gasteiger partial charge in [0.15, 0.2) is 0 Å². The number of pyridine rings is 2. The monoisotopic (exact) mass is 380 g/mol. The van der Waals surface area contributed by atoms with Crippen LogP contribution in [0.1, 0.15) is 22.3 Å². The first-order valence-corrected chi connectivity index (χ1v) is 9.66. The molecular weight excluding hydrogens is 364 g/mol. The molecule has 0 radical (unpaired) electrons. The van der Waals surface area contributed by atoms with Crippen LogP contribution in [0, 0.1) is 23.7 Å². The normalized spacial score (nSPS) is 10.1. The van der Waals surface area contributed by atoms with Gasteiger partial charge in [-0.3, -0.25) is 9.97 Å². The highest BCUT2D eigenvalue weighted by Crippen LogP contribution is 2.27. The zero-order valence-corrected chi connectivity index (χ0v) is 16.1. The number of rotatable bonds is 0. The van der Waals surface area contributed by atoms with Crippen LogP contribution in [-0.2, 0) is 0 Å². The molecule has 0 amide bonds. The number of fused-ring (bicyclic) bond motifs is 3. The van der Waals surface area contributed by atoms with E-state index in [1.807, 2.05) is 24.3 Å². The predicted molar refractivity (Wildman–Crippen MR) is 122 cm³/mol. The molecule has 30 heavy (non-hydrogen) atoms. The van der Waals surface area contributed by atoms with E-state index in [4.69, 9.17) is 0 Å². The average molecular weight is 380 g/mol. The van der Waals surface area contributed by atoms with Gasteiger partial charge in [0.2, 0.25) is 0 Å². The Kier molecular flexibility index (Phi) is 4.67. The Hall–Kier alpha value is -4.40. The fraction of sp³-hybridized carbons (Fsp3) is 0. The third kappa shape index (κ3) is 3.76. The van der Waals surface area contributed by atoms with Gasteiger partial charge in [-0.2, -0.15) is 0 Å². The van der Waals surface area contributed by atoms with Crippen molar-refractivity contribution in [3.05, 3.63) is 120 Å². The van der Waals surface area contributed by atoms with Crippen LogP contribution < -0.4 is 0 Å². The first kappa shape index (κ1) is 17.7. The van der Waals surface area contributed by atoms with Gasteiger partial charge in [-0.15, -0.1) is 0 Å². The molecule has 2 heterocycles. The van der Waals surface area contributed by atoms with Crippen LogP contribution in [0.3, 0.4) is 0 Å². The third-order valence-corrected chi connectivity index (χ3v) is 4.90. The van der Waals surface area contributed by atoms with Crippen LogP contribution in [0.15, 0.2) is 97.6 Å². The maximum atomic E-state index is 4.04. The molecule has 138 valence electrons. The van der Waals surface area contributed by atoms with Crippen LogP contribution in [0.25, 0.3) is 21.5 Å². The van der Waals surface area contributed by atoms with E-state index in [0.717, 1.165) is 22.3 Å². The second kappa shape index (κ2) is 7.92. The third-order valence-electron chi connectivity index (χ3n) is 4.90. The summed E-state index contributed by atoms with van der Waals surface area (Å²) in [7, 11) is 0. The van der Waals surface area contributed by atoms with Gasteiger partial charge in [-0.05, 0) is 70.1 Å². The standard InChI is InChI=1S/C28H16N2/c1(21-11-15-29-16-12-21)3-23-5-7-25-9-10-26-8-6-24(20-28(26)27(25)19-23)4-2-22-13-17-30-18-14-22/h5-20H. The highest BCUT2D eigenvalue weighted by molar-refractivity contribution is 6.08. The van der Waals surface area contributed by atoms with Gasteiger partial charge >= 0.3 is 0 Å². The van der Waals surface area contributed by atoms with E-state index < -0.39 is 0 Å². The van der Waals surface area contributed by atoms with Crippen molar-refractivity contribution in [1.29, 1.82) is 0 Å². The lowest BCUT2D eigenvalue weighted by molar-refractivity contribution is 1.32. The number of hydrogen-bond acceptors (Lipinski definition) is 2. The molecule has 5 aromatic rings. The molecule has 0 aliphatic rings. The summed E-state index contributed by atoms with van der Waals surface area (Å²) in [6, 6.07) is 24.7. The van der Waals surface area contributed by atoms with Crippen molar-refractivity contribution in [3.8, 4) is 23.7 Å². The summed E-state index contributed by atoms with van der Waals surface area (Å²) in [5.74, 6) is 12.9. The molecule has 0 aliphatic heterocycles. The first-order chi connectivity index (χ1) is 14.8. The summed E-state index contributed by atoms with van der Waals surface area (Å²) in [6.07, 6.45) is 7.03. The quantitative estimate of drug-likeness (QED) is 0.259. The second-order valence-corrected chi connectivity index (χ2v) is 6.91. The summed E-state index contributed by atoms with van der Waals surface area (Å²) in [4.78, 5) is 8.07. The molecule has 0 fully saturated rings. The lowest BCUT2D eigenvalue weighted by atomic mass is 9.98. The van der Waals surface area contributed by atoms with E-state index in [9.17, 15) is 0 Å². The SMILES string of the molecule is C(#Cc1ccc2ccc3ccc(C#Cc4ccncc4)cc3c2c1)c1ccncc1. The fourth-order valence-corrected chi connectivity index (χ4v) is 3.36. The van der Waals surface area contributed by atoms with Crippen molar-refractivity contribution in [1.82, 2.24) is 9.97 Å². The van der Waals surface area contributed by atoms with E-state index in [1.165, 1.54) is 21.5 Å². The minimum absolute atomic E-state index is 0.955. The first-order valence-electron chi connectivity index (χ1n) is 9.66. The number of aromatic nitrogens is 2. The van der Waals surface area contributed by atoms with Crippen molar-refractivity contribution < 1.29 is 0 Å². The summed E-state index contributed by atoms with van der Waals surface area (Å²) >= 11 is 0. The fourth-order valence-electron chi connectivity index (χ4n) is 3.36. The largest absolute Gasteiger partial charge is 0.265 e. The Bertz CT molecular complexity index is 1360. The van der Waals surface area contributed by atoms with Gasteiger partial charge in [-0.1, -0.05) is 47.9 Å². The molecule has 0 saturated carbocycles. The lowest BCUT2D eigenvalue weighted by Gasteiger charge is -2.05. The minimum Gasteiger partial charge on any atom is -0.265 e. The Morgan fingerprint density at radius 3 is 1.20 bits per heavy atom. The maximum Gasteiger partial charge on any atom is 0.0280 e. The Morgan fingerprint density at radius 2 is 0.767 bits per heavy atom. The zero-order valence-electron chi connectivity index (χ0n) is 16.1. The Labute approximate surface area is 175 Å². The highest BCUT2D eigenvalue weighted by atomic mass is 14.6. The van der Waals surface area contributed by atoms with Crippen LogP contribution in [-0.4, -0.2) is 9.97 Å². The number of hydrogen-bond donors (Lipinski definition) is 0. The maximum absolute atomic E-state index is 4.04. The predicted octanol–water partition coefficient (Wildman–Crippen LogP) is 5.58. The van der Waals surface area contributed by atoms with Gasteiger partial charge in [0.1, 0.15) is 0 Å². The summed E-state index contributed by atoms with van der Waals surface area (Å²) in [5, 5.41) is 4.75. The van der Waals surface area contributed by atoms with Gasteiger partial charge in [0.25, 0.3) is 0 Å². The molecule has 3 aromatic carbocycles. The number of nitrogens with zero attached hydrogens (tertiary/aromatic N) is 2. The van der Waals surface area contributed by atoms with Gasteiger partial charge in [0, 0.05) is 47.0 Å². The van der Waals surface area contributed by atoms with E-state index in [2.05, 4.69) is 82.2 Å². The molecular formula is C28H16N2. The summed E-state index contributed by atoms with van der Waals surface area (Å²) in [6.45, 7) is 0. The molecule has 5 rings (SSSR count). The second-order valence-electron chi connectivity index (χ2n) is 6.91. The van der Waals surface area contributed by atoms with Crippen LogP contribution in [0.4, 0.5) is 0 Å². The van der Waals surface area contributed by atoms with Gasteiger partial charge in [-0.25, -0.2) is 0 Å². The molecule has 2 nitrogen and oxygen atoms in total. The molecule has 0 N–H and O–H groups in total. The topological polar surface area (TPSA) is 25.8 Å². The Morgan fingerprint density at radius 1 is 0.400 bits per heavy atom. The average Bonchev–Trinajstić information content (AvgIpc) is 2.82. The molecule has 0 unspecified atom stereocenters. The molecule has 0 atom stereocenters. The molecule has 2 heteroatoms. The minimum atomic E-state index is 0.955. The molecule has 2 aromatic heterocycles. The van der Waals surface area contributed by atoms with Crippen LogP contribution in [0.5, 0.6) is 0 Å². The highest BCUT2D eigenvalue weighted by Gasteiger charge is 2.03. The van der Waals surface area contributed by atoms with Crippen molar-refractivity contribution in [2.24, 2.45) is 0 Å². The molecule has 0 bridgehead atoms. The van der Waals surface area contributed by atoms with Crippen molar-refractivity contribution in [2.75, 3.05) is 0 Å². The number of benzene rings is 3. The van der Waals surface area contributed by atoms with Crippen LogP contribution in [0.2, 0.25) is 0 Å². The van der Waals surface area contributed by atoms with Gasteiger partial charge in [0.05, 0.1) is 0 Å². The van der Waals surface area contributed by atoms with Gasteiger partial charge < -0.3 is 0 Å². The van der Waals surface area contributed by atoms with E-state index >= 15 is 0 Å². The molecule has 0 saturated heterocycles. The summed E-state index contributed by atoms with van der Waals surface area (Å²) in [5.41, 5.74) is 3.88. The van der Waals surface area contributed by atoms with Crippen molar-refractivity contribution >= 4 is 21.5 Å².